The van der Waals surface area contributed by atoms with Gasteiger partial charge in [-0.3, -0.25) is 0 Å². The summed E-state index contributed by atoms with van der Waals surface area (Å²) in [6.45, 7) is 0.480. The monoisotopic (exact) mass is 360 g/mol. The van der Waals surface area contributed by atoms with Crippen LogP contribution >= 0.6 is 0 Å². The van der Waals surface area contributed by atoms with E-state index in [0.717, 1.165) is 28.1 Å². The highest BCUT2D eigenvalue weighted by Crippen LogP contribution is 2.34. The average Bonchev–Trinajstić information content (AvgIpc) is 2.90. The van der Waals surface area contributed by atoms with Gasteiger partial charge in [-0.15, -0.1) is 0 Å². The Labute approximate surface area is 146 Å². The van der Waals surface area contributed by atoms with Gasteiger partial charge in [0, 0.05) is 21.8 Å². The number of rotatable bonds is 3. The Morgan fingerprint density at radius 1 is 1.04 bits per heavy atom. The van der Waals surface area contributed by atoms with E-state index >= 15 is 0 Å². The molecule has 0 radical (unpaired) electrons. The van der Waals surface area contributed by atoms with E-state index in [9.17, 15) is 13.5 Å². The van der Waals surface area contributed by atoms with Crippen molar-refractivity contribution in [2.45, 2.75) is 18.2 Å². The first kappa shape index (κ1) is 16.5. The first-order valence-electron chi connectivity index (χ1n) is 8.16. The fraction of sp³-hybridized carbons (Fsp3) is 0.333. The van der Waals surface area contributed by atoms with Gasteiger partial charge < -0.3 is 14.4 Å². The Morgan fingerprint density at radius 3 is 2.16 bits per heavy atom. The molecule has 1 aromatic heterocycles. The molecule has 1 fully saturated rings. The fourth-order valence-electron chi connectivity index (χ4n) is 3.70. The van der Waals surface area contributed by atoms with Crippen molar-refractivity contribution in [1.82, 2.24) is 9.29 Å². The predicted molar refractivity (Wildman–Crippen MR) is 97.1 cm³/mol. The van der Waals surface area contributed by atoms with E-state index in [1.54, 1.807) is 0 Å². The van der Waals surface area contributed by atoms with Crippen molar-refractivity contribution in [3.05, 3.63) is 48.5 Å². The summed E-state index contributed by atoms with van der Waals surface area (Å²) in [7, 11) is -3.43. The molecule has 3 atom stereocenters. The normalized spacial score (nSPS) is 24.8. The summed E-state index contributed by atoms with van der Waals surface area (Å²) >= 11 is 0. The van der Waals surface area contributed by atoms with Crippen molar-refractivity contribution in [2.75, 3.05) is 19.5 Å². The molecule has 2 heterocycles. The molecule has 1 aliphatic heterocycles. The molecule has 0 spiro atoms. The van der Waals surface area contributed by atoms with Crippen molar-refractivity contribution < 1.29 is 18.3 Å². The summed E-state index contributed by atoms with van der Waals surface area (Å²) in [5, 5.41) is 13.1. The predicted octanol–water partition coefficient (Wildman–Crippen LogP) is 1.64. The number of aromatic nitrogens is 1. The van der Waals surface area contributed by atoms with Crippen LogP contribution in [0.5, 0.6) is 0 Å². The molecule has 7 heteroatoms. The number of para-hydroxylation sites is 2. The number of nitrogens with zero attached hydrogens (tertiary/aromatic N) is 1. The van der Waals surface area contributed by atoms with Crippen LogP contribution in [0.2, 0.25) is 0 Å². The zero-order chi connectivity index (χ0) is 17.6. The van der Waals surface area contributed by atoms with Crippen LogP contribution in [-0.4, -0.2) is 49.7 Å². The average molecular weight is 360 g/mol. The van der Waals surface area contributed by atoms with Gasteiger partial charge in [-0.25, -0.2) is 13.1 Å². The third kappa shape index (κ3) is 2.93. The van der Waals surface area contributed by atoms with E-state index in [4.69, 9.17) is 4.74 Å². The molecule has 132 valence electrons. The molecule has 3 aromatic rings. The molecule has 0 aliphatic carbocycles. The number of aliphatic hydroxyl groups is 1. The minimum atomic E-state index is -3.43. The van der Waals surface area contributed by atoms with Gasteiger partial charge in [0.05, 0.1) is 37.7 Å². The van der Waals surface area contributed by atoms with E-state index in [-0.39, 0.29) is 12.6 Å². The van der Waals surface area contributed by atoms with Crippen LogP contribution in [0.15, 0.2) is 48.5 Å². The zero-order valence-electron chi connectivity index (χ0n) is 13.8. The molecule has 6 nitrogen and oxygen atoms in total. The Morgan fingerprint density at radius 2 is 1.60 bits per heavy atom. The van der Waals surface area contributed by atoms with E-state index in [1.807, 2.05) is 36.4 Å². The number of sulfonamides is 1. The van der Waals surface area contributed by atoms with Gasteiger partial charge in [0.15, 0.2) is 0 Å². The molecular weight excluding hydrogens is 340 g/mol. The van der Waals surface area contributed by atoms with Gasteiger partial charge in [-0.05, 0) is 12.1 Å². The lowest BCUT2D eigenvalue weighted by Crippen LogP contribution is -2.53. The van der Waals surface area contributed by atoms with Crippen LogP contribution < -0.4 is 4.72 Å². The number of aliphatic hydroxyl groups excluding tert-OH is 1. The van der Waals surface area contributed by atoms with Crippen molar-refractivity contribution in [1.29, 1.82) is 0 Å². The van der Waals surface area contributed by atoms with Crippen LogP contribution in [0, 0.1) is 0 Å². The Bertz CT molecular complexity index is 975. The minimum absolute atomic E-state index is 0.155. The molecule has 1 saturated heterocycles. The molecular formula is C18H20N2O4S. The quantitative estimate of drug-likeness (QED) is 0.744. The van der Waals surface area contributed by atoms with Gasteiger partial charge in [0.2, 0.25) is 10.0 Å². The maximum absolute atomic E-state index is 11.6. The molecule has 0 saturated carbocycles. The van der Waals surface area contributed by atoms with Gasteiger partial charge >= 0.3 is 0 Å². The van der Waals surface area contributed by atoms with Crippen LogP contribution in [0.4, 0.5) is 0 Å². The molecule has 0 amide bonds. The first-order valence-corrected chi connectivity index (χ1v) is 10.1. The lowest BCUT2D eigenvalue weighted by Gasteiger charge is -2.36. The number of ether oxygens (including phenoxy) is 1. The van der Waals surface area contributed by atoms with Gasteiger partial charge in [0.25, 0.3) is 0 Å². The Hall–Kier alpha value is -1.93. The van der Waals surface area contributed by atoms with E-state index < -0.39 is 22.2 Å². The second kappa shape index (κ2) is 6.10. The smallest absolute Gasteiger partial charge is 0.209 e. The van der Waals surface area contributed by atoms with E-state index in [1.165, 1.54) is 0 Å². The van der Waals surface area contributed by atoms with Crippen LogP contribution in [0.3, 0.4) is 0 Å². The van der Waals surface area contributed by atoms with Crippen LogP contribution in [0.25, 0.3) is 21.8 Å². The minimum Gasteiger partial charge on any atom is -0.389 e. The van der Waals surface area contributed by atoms with Gasteiger partial charge in [-0.2, -0.15) is 0 Å². The zero-order valence-corrected chi connectivity index (χ0v) is 14.6. The lowest BCUT2D eigenvalue weighted by molar-refractivity contribution is -0.0461. The summed E-state index contributed by atoms with van der Waals surface area (Å²) in [6, 6.07) is 15.0. The third-order valence-corrected chi connectivity index (χ3v) is 5.44. The number of benzene rings is 2. The Kier molecular flexibility index (Phi) is 4.04. The maximum Gasteiger partial charge on any atom is 0.209 e. The fourth-order valence-corrected chi connectivity index (χ4v) is 4.45. The number of hydrogen-bond acceptors (Lipinski definition) is 4. The van der Waals surface area contributed by atoms with Crippen molar-refractivity contribution >= 4 is 31.8 Å². The molecule has 2 aromatic carbocycles. The molecule has 2 N–H and O–H groups in total. The molecule has 0 bridgehead atoms. The third-order valence-electron chi connectivity index (χ3n) is 4.71. The Balaban J connectivity index is 1.85. The molecule has 25 heavy (non-hydrogen) atoms. The summed E-state index contributed by atoms with van der Waals surface area (Å²) in [4.78, 5) is 0. The van der Waals surface area contributed by atoms with E-state index in [2.05, 4.69) is 21.4 Å². The molecule has 1 aliphatic rings. The number of nitrogens with one attached hydrogen (secondary N) is 1. The highest BCUT2D eigenvalue weighted by atomic mass is 32.2. The standard InChI is InChI=1S/C18H20N2O4S/c1-25(22,23)19-14-10-24-11-17(18(14)21)20-15-8-4-2-6-12(15)13-7-3-5-9-16(13)20/h2-9,14,17-19,21H,10-11H2,1H3/t14-,17?,18+/m0/s1. The van der Waals surface area contributed by atoms with Crippen LogP contribution in [-0.2, 0) is 14.8 Å². The maximum atomic E-state index is 11.6. The van der Waals surface area contributed by atoms with Crippen molar-refractivity contribution in [3.63, 3.8) is 0 Å². The highest BCUT2D eigenvalue weighted by Gasteiger charge is 2.36. The summed E-state index contributed by atoms with van der Waals surface area (Å²) < 4.78 is 33.3. The second-order valence-electron chi connectivity index (χ2n) is 6.50. The largest absolute Gasteiger partial charge is 0.389 e. The van der Waals surface area contributed by atoms with Crippen molar-refractivity contribution in [2.24, 2.45) is 0 Å². The summed E-state index contributed by atoms with van der Waals surface area (Å²) in [5.74, 6) is 0. The van der Waals surface area contributed by atoms with E-state index in [0.29, 0.717) is 6.61 Å². The topological polar surface area (TPSA) is 80.6 Å². The van der Waals surface area contributed by atoms with Gasteiger partial charge in [-0.1, -0.05) is 36.4 Å². The van der Waals surface area contributed by atoms with Gasteiger partial charge in [0.1, 0.15) is 0 Å². The molecule has 4 rings (SSSR count). The second-order valence-corrected chi connectivity index (χ2v) is 8.28. The SMILES string of the molecule is CS(=O)(=O)N[C@H]1COCC(n2c3ccccc3c3ccccc32)[C@@H]1O. The first-order chi connectivity index (χ1) is 12.0. The number of fused-ring (bicyclic) bond motifs is 3. The van der Waals surface area contributed by atoms with Crippen LogP contribution in [0.1, 0.15) is 6.04 Å². The molecule has 1 unspecified atom stereocenters. The van der Waals surface area contributed by atoms with Crippen molar-refractivity contribution in [3.8, 4) is 0 Å². The highest BCUT2D eigenvalue weighted by molar-refractivity contribution is 7.88. The lowest BCUT2D eigenvalue weighted by atomic mass is 10.0. The summed E-state index contributed by atoms with van der Waals surface area (Å²) in [5.41, 5.74) is 1.99. The number of hydrogen-bond donors (Lipinski definition) is 2. The summed E-state index contributed by atoms with van der Waals surface area (Å²) in [6.07, 6.45) is 0.201.